The summed E-state index contributed by atoms with van der Waals surface area (Å²) in [6.07, 6.45) is 8.13. The zero-order valence-corrected chi connectivity index (χ0v) is 21.1. The van der Waals surface area contributed by atoms with Crippen molar-refractivity contribution in [1.29, 1.82) is 0 Å². The molecule has 2 atom stereocenters. The van der Waals surface area contributed by atoms with Crippen LogP contribution in [-0.2, 0) is 9.47 Å². The lowest BCUT2D eigenvalue weighted by atomic mass is 9.87. The van der Waals surface area contributed by atoms with Gasteiger partial charge in [-0.3, -0.25) is 9.89 Å². The third-order valence-electron chi connectivity index (χ3n) is 7.02. The monoisotopic (exact) mass is 538 g/mol. The second-order valence-electron chi connectivity index (χ2n) is 8.78. The first-order chi connectivity index (χ1) is 13.8. The Morgan fingerprint density at radius 2 is 1.93 bits per heavy atom. The van der Waals surface area contributed by atoms with Crippen molar-refractivity contribution in [3.05, 3.63) is 0 Å². The predicted molar refractivity (Wildman–Crippen MR) is 132 cm³/mol. The van der Waals surface area contributed by atoms with Crippen LogP contribution in [0.4, 0.5) is 0 Å². The number of ether oxygens (including phenoxy) is 2. The zero-order chi connectivity index (χ0) is 19.2. The Kier molecular flexibility index (Phi) is 9.67. The fourth-order valence-corrected chi connectivity index (χ4v) is 6.98. The second-order valence-corrected chi connectivity index (χ2v) is 10.3. The molecule has 168 valence electrons. The molecule has 4 aliphatic rings. The Bertz CT molecular complexity index is 515. The summed E-state index contributed by atoms with van der Waals surface area (Å²) < 4.78 is 11.8. The highest BCUT2D eigenvalue weighted by atomic mass is 127. The maximum Gasteiger partial charge on any atom is 0.193 e. The number of hydrogen-bond donors (Lipinski definition) is 1. The number of halogens is 1. The molecule has 4 fully saturated rings. The number of aliphatic imine (C=N–C) groups is 1. The summed E-state index contributed by atoms with van der Waals surface area (Å²) in [6.45, 7) is 8.80. The van der Waals surface area contributed by atoms with Crippen molar-refractivity contribution in [2.24, 2.45) is 10.9 Å². The molecule has 3 heterocycles. The molecule has 0 radical (unpaired) electrons. The Balaban J connectivity index is 0.00000240. The summed E-state index contributed by atoms with van der Waals surface area (Å²) in [5.41, 5.74) is 0. The average Bonchev–Trinajstić information content (AvgIpc) is 3.27. The van der Waals surface area contributed by atoms with Gasteiger partial charge in [-0.15, -0.1) is 24.0 Å². The lowest BCUT2D eigenvalue weighted by Crippen LogP contribution is -2.57. The molecule has 8 heteroatoms. The molecule has 0 bridgehead atoms. The van der Waals surface area contributed by atoms with Crippen LogP contribution < -0.4 is 5.32 Å². The molecular weight excluding hydrogens is 499 g/mol. The molecule has 0 aromatic rings. The van der Waals surface area contributed by atoms with Crippen molar-refractivity contribution in [3.8, 4) is 0 Å². The van der Waals surface area contributed by atoms with Crippen molar-refractivity contribution >= 4 is 41.7 Å². The van der Waals surface area contributed by atoms with Crippen LogP contribution in [0.15, 0.2) is 4.99 Å². The van der Waals surface area contributed by atoms with E-state index in [1.807, 2.05) is 7.05 Å². The zero-order valence-electron chi connectivity index (χ0n) is 17.9. The van der Waals surface area contributed by atoms with Gasteiger partial charge in [-0.2, -0.15) is 11.8 Å². The van der Waals surface area contributed by atoms with Crippen molar-refractivity contribution in [3.63, 3.8) is 0 Å². The van der Waals surface area contributed by atoms with Gasteiger partial charge in [0.1, 0.15) is 0 Å². The third kappa shape index (κ3) is 6.14. The molecule has 1 N–H and O–H groups in total. The summed E-state index contributed by atoms with van der Waals surface area (Å²) in [5, 5.41) is 3.76. The number of rotatable bonds is 4. The molecule has 3 saturated heterocycles. The average molecular weight is 539 g/mol. The van der Waals surface area contributed by atoms with Crippen molar-refractivity contribution in [2.75, 3.05) is 72.0 Å². The first kappa shape index (κ1) is 23.9. The highest BCUT2D eigenvalue weighted by Gasteiger charge is 2.38. The van der Waals surface area contributed by atoms with Crippen LogP contribution in [0.25, 0.3) is 0 Å². The van der Waals surface area contributed by atoms with E-state index in [0.29, 0.717) is 16.7 Å². The van der Waals surface area contributed by atoms with Gasteiger partial charge in [0.15, 0.2) is 5.96 Å². The Morgan fingerprint density at radius 1 is 1.14 bits per heavy atom. The van der Waals surface area contributed by atoms with E-state index in [0.717, 1.165) is 65.1 Å². The molecule has 4 rings (SSSR count). The SMILES string of the molecule is CN=C(NCC(C1CCOC1)N1CCOCC1)N1CCSC2(CCCCC2)C1.I. The Hall–Kier alpha value is 0.230. The molecule has 6 nitrogen and oxygen atoms in total. The van der Waals surface area contributed by atoms with Crippen molar-refractivity contribution in [1.82, 2.24) is 15.1 Å². The lowest BCUT2D eigenvalue weighted by molar-refractivity contribution is 0.00233. The Morgan fingerprint density at radius 3 is 2.62 bits per heavy atom. The molecule has 0 amide bonds. The predicted octanol–water partition coefficient (Wildman–Crippen LogP) is 2.67. The van der Waals surface area contributed by atoms with Crippen LogP contribution in [0, 0.1) is 5.92 Å². The van der Waals surface area contributed by atoms with Gasteiger partial charge < -0.3 is 19.7 Å². The van der Waals surface area contributed by atoms with Crippen LogP contribution in [0.3, 0.4) is 0 Å². The minimum Gasteiger partial charge on any atom is -0.381 e. The molecule has 2 unspecified atom stereocenters. The first-order valence-electron chi connectivity index (χ1n) is 11.3. The van der Waals surface area contributed by atoms with Gasteiger partial charge in [0.25, 0.3) is 0 Å². The van der Waals surface area contributed by atoms with E-state index in [1.165, 1.54) is 44.3 Å². The van der Waals surface area contributed by atoms with E-state index < -0.39 is 0 Å². The summed E-state index contributed by atoms with van der Waals surface area (Å²) in [4.78, 5) is 9.82. The maximum absolute atomic E-state index is 5.72. The topological polar surface area (TPSA) is 49.3 Å². The van der Waals surface area contributed by atoms with Gasteiger partial charge in [0.05, 0.1) is 19.8 Å². The minimum atomic E-state index is 0. The van der Waals surface area contributed by atoms with E-state index in [4.69, 9.17) is 9.47 Å². The van der Waals surface area contributed by atoms with Gasteiger partial charge in [0.2, 0.25) is 0 Å². The molecule has 3 aliphatic heterocycles. The summed E-state index contributed by atoms with van der Waals surface area (Å²) in [7, 11) is 1.94. The van der Waals surface area contributed by atoms with Gasteiger partial charge in [-0.1, -0.05) is 19.3 Å². The van der Waals surface area contributed by atoms with Crippen LogP contribution >= 0.6 is 35.7 Å². The molecule has 1 aliphatic carbocycles. The van der Waals surface area contributed by atoms with Gasteiger partial charge in [-0.25, -0.2) is 0 Å². The highest BCUT2D eigenvalue weighted by molar-refractivity contribution is 14.0. The van der Waals surface area contributed by atoms with E-state index >= 15 is 0 Å². The van der Waals surface area contributed by atoms with Crippen LogP contribution in [0.2, 0.25) is 0 Å². The minimum absolute atomic E-state index is 0. The second kappa shape index (κ2) is 11.7. The van der Waals surface area contributed by atoms with Crippen molar-refractivity contribution in [2.45, 2.75) is 49.3 Å². The lowest BCUT2D eigenvalue weighted by Gasteiger charge is -2.46. The van der Waals surface area contributed by atoms with E-state index in [2.05, 4.69) is 31.9 Å². The standard InChI is InChI=1S/C21H38N4O2S.HI/c1-22-20(25-10-14-28-21(17-25)6-3-2-4-7-21)23-15-19(18-5-11-27-16-18)24-8-12-26-13-9-24;/h18-19H,2-17H2,1H3,(H,22,23);1H. The Labute approximate surface area is 197 Å². The molecule has 0 aromatic carbocycles. The third-order valence-corrected chi connectivity index (χ3v) is 8.55. The van der Waals surface area contributed by atoms with E-state index in [1.54, 1.807) is 0 Å². The molecule has 1 spiro atoms. The molecular formula is C21H39IN4O2S. The summed E-state index contributed by atoms with van der Waals surface area (Å²) in [5.74, 6) is 2.94. The number of nitrogens with one attached hydrogen (secondary N) is 1. The van der Waals surface area contributed by atoms with Gasteiger partial charge in [-0.05, 0) is 19.3 Å². The van der Waals surface area contributed by atoms with Crippen LogP contribution in [-0.4, -0.2) is 98.5 Å². The quantitative estimate of drug-likeness (QED) is 0.338. The number of nitrogens with zero attached hydrogens (tertiary/aromatic N) is 3. The smallest absolute Gasteiger partial charge is 0.193 e. The maximum atomic E-state index is 5.72. The van der Waals surface area contributed by atoms with Gasteiger partial charge in [0, 0.05) is 68.8 Å². The van der Waals surface area contributed by atoms with Crippen LogP contribution in [0.1, 0.15) is 38.5 Å². The molecule has 0 aromatic heterocycles. The summed E-state index contributed by atoms with van der Waals surface area (Å²) in [6, 6.07) is 0.506. The largest absolute Gasteiger partial charge is 0.381 e. The van der Waals surface area contributed by atoms with E-state index in [9.17, 15) is 0 Å². The fraction of sp³-hybridized carbons (Fsp3) is 0.952. The number of morpholine rings is 1. The number of hydrogen-bond acceptors (Lipinski definition) is 5. The van der Waals surface area contributed by atoms with Crippen molar-refractivity contribution < 1.29 is 9.47 Å². The van der Waals surface area contributed by atoms with Gasteiger partial charge >= 0.3 is 0 Å². The number of thioether (sulfide) groups is 1. The van der Waals surface area contributed by atoms with E-state index in [-0.39, 0.29) is 24.0 Å². The first-order valence-corrected chi connectivity index (χ1v) is 12.3. The fourth-order valence-electron chi connectivity index (χ4n) is 5.41. The normalized spacial score (nSPS) is 29.5. The molecule has 1 saturated carbocycles. The number of guanidine groups is 1. The summed E-state index contributed by atoms with van der Waals surface area (Å²) >= 11 is 2.22. The highest BCUT2D eigenvalue weighted by Crippen LogP contribution is 2.42. The van der Waals surface area contributed by atoms with Crippen LogP contribution in [0.5, 0.6) is 0 Å². The molecule has 29 heavy (non-hydrogen) atoms.